The number of β-amino-alcohol motifs (C(OH)–C–C–N with tert-alkyl or cyclic N) is 1. The van der Waals surface area contributed by atoms with Crippen molar-refractivity contribution in [2.75, 3.05) is 37.6 Å². The Labute approximate surface area is 211 Å². The van der Waals surface area contributed by atoms with E-state index in [1.165, 1.54) is 4.90 Å². The zero-order chi connectivity index (χ0) is 25.8. The molecule has 0 aliphatic carbocycles. The molecule has 2 saturated heterocycles. The number of nitriles is 1. The number of likely N-dealkylation sites (tertiary alicyclic amines) is 1. The van der Waals surface area contributed by atoms with Crippen molar-refractivity contribution in [2.45, 2.75) is 51.3 Å². The average molecular weight is 495 g/mol. The number of hydrogen-bond donors (Lipinski definition) is 3. The SMILES string of the molecule is CC(C)[C@@H](C(=O)N1CC(O)CC1C(=O)N[C@@H](C)c1ccc(C#N)cc1)c1cc(N2CCNCC2)no1. The molecule has 2 aliphatic rings. The van der Waals surface area contributed by atoms with Gasteiger partial charge in [-0.3, -0.25) is 9.59 Å². The van der Waals surface area contributed by atoms with Crippen LogP contribution in [0.2, 0.25) is 0 Å². The number of amides is 2. The maximum atomic E-state index is 13.8. The summed E-state index contributed by atoms with van der Waals surface area (Å²) in [5.41, 5.74) is 1.39. The minimum absolute atomic E-state index is 0.0875. The minimum atomic E-state index is -0.787. The van der Waals surface area contributed by atoms with Crippen molar-refractivity contribution in [2.24, 2.45) is 5.92 Å². The van der Waals surface area contributed by atoms with Crippen LogP contribution in [0.25, 0.3) is 0 Å². The van der Waals surface area contributed by atoms with Crippen molar-refractivity contribution in [1.82, 2.24) is 20.7 Å². The number of anilines is 1. The van der Waals surface area contributed by atoms with E-state index in [4.69, 9.17) is 9.78 Å². The van der Waals surface area contributed by atoms with Gasteiger partial charge >= 0.3 is 0 Å². The van der Waals surface area contributed by atoms with Crippen LogP contribution in [0.4, 0.5) is 5.82 Å². The molecule has 1 aromatic heterocycles. The number of carbonyl (C=O) groups is 2. The standard InChI is InChI=1S/C26H34N6O4/c1-16(2)24(22-13-23(30-36-22)31-10-8-28-9-11-31)26(35)32-15-20(33)12-21(32)25(34)29-17(3)19-6-4-18(14-27)5-7-19/h4-7,13,16-17,20-21,24,28,33H,8-12,15H2,1-3H3,(H,29,34)/t17-,20?,21?,24+/m0/s1. The van der Waals surface area contributed by atoms with Gasteiger partial charge in [-0.1, -0.05) is 31.1 Å². The fourth-order valence-corrected chi connectivity index (χ4v) is 4.93. The highest BCUT2D eigenvalue weighted by Crippen LogP contribution is 2.33. The molecule has 192 valence electrons. The molecular formula is C26H34N6O4. The van der Waals surface area contributed by atoms with E-state index < -0.39 is 18.1 Å². The average Bonchev–Trinajstić information content (AvgIpc) is 3.51. The lowest BCUT2D eigenvalue weighted by Crippen LogP contribution is -2.48. The molecule has 2 aromatic rings. The van der Waals surface area contributed by atoms with Gasteiger partial charge in [0.1, 0.15) is 12.0 Å². The summed E-state index contributed by atoms with van der Waals surface area (Å²) in [6, 6.07) is 9.78. The van der Waals surface area contributed by atoms with E-state index in [9.17, 15) is 14.7 Å². The van der Waals surface area contributed by atoms with Crippen molar-refractivity contribution < 1.29 is 19.2 Å². The van der Waals surface area contributed by atoms with Gasteiger partial charge in [0.15, 0.2) is 11.6 Å². The second kappa shape index (κ2) is 11.1. The highest BCUT2D eigenvalue weighted by atomic mass is 16.5. The number of benzene rings is 1. The van der Waals surface area contributed by atoms with E-state index in [0.29, 0.717) is 17.1 Å². The first-order chi connectivity index (χ1) is 17.3. The van der Waals surface area contributed by atoms with Gasteiger partial charge in [0.2, 0.25) is 11.8 Å². The zero-order valence-electron chi connectivity index (χ0n) is 21.0. The zero-order valence-corrected chi connectivity index (χ0v) is 21.0. The quantitative estimate of drug-likeness (QED) is 0.528. The van der Waals surface area contributed by atoms with E-state index in [1.54, 1.807) is 24.3 Å². The number of nitrogens with zero attached hydrogens (tertiary/aromatic N) is 4. The Bertz CT molecular complexity index is 1100. The highest BCUT2D eigenvalue weighted by molar-refractivity contribution is 5.91. The molecule has 10 heteroatoms. The second-order valence-electron chi connectivity index (χ2n) is 9.91. The first kappa shape index (κ1) is 25.7. The monoisotopic (exact) mass is 494 g/mol. The van der Waals surface area contributed by atoms with E-state index in [0.717, 1.165) is 31.7 Å². The Kier molecular flexibility index (Phi) is 7.91. The summed E-state index contributed by atoms with van der Waals surface area (Å²) >= 11 is 0. The Balaban J connectivity index is 1.49. The van der Waals surface area contributed by atoms with E-state index in [2.05, 4.69) is 26.8 Å². The molecule has 3 heterocycles. The molecule has 3 N–H and O–H groups in total. The van der Waals surface area contributed by atoms with Crippen LogP contribution in [-0.2, 0) is 9.59 Å². The number of aliphatic hydroxyl groups is 1. The van der Waals surface area contributed by atoms with Crippen LogP contribution in [-0.4, -0.2) is 71.8 Å². The molecule has 4 rings (SSSR count). The first-order valence-electron chi connectivity index (χ1n) is 12.5. The number of aromatic nitrogens is 1. The van der Waals surface area contributed by atoms with Gasteiger partial charge in [-0.05, 0) is 30.5 Å². The molecule has 4 atom stereocenters. The van der Waals surface area contributed by atoms with E-state index in [-0.39, 0.29) is 36.7 Å². The number of aliphatic hydroxyl groups excluding tert-OH is 1. The molecule has 0 spiro atoms. The summed E-state index contributed by atoms with van der Waals surface area (Å²) in [6.07, 6.45) is -0.612. The summed E-state index contributed by atoms with van der Waals surface area (Å²) in [6.45, 7) is 9.14. The van der Waals surface area contributed by atoms with Gasteiger partial charge in [-0.25, -0.2) is 0 Å². The largest absolute Gasteiger partial charge is 0.391 e. The maximum absolute atomic E-state index is 13.8. The van der Waals surface area contributed by atoms with Gasteiger partial charge < -0.3 is 30.1 Å². The molecule has 0 radical (unpaired) electrons. The van der Waals surface area contributed by atoms with Crippen molar-refractivity contribution >= 4 is 17.6 Å². The summed E-state index contributed by atoms with van der Waals surface area (Å²) < 4.78 is 5.64. The van der Waals surface area contributed by atoms with Crippen molar-refractivity contribution in [3.63, 3.8) is 0 Å². The fourth-order valence-electron chi connectivity index (χ4n) is 4.93. The molecule has 2 unspecified atom stereocenters. The number of piperazine rings is 1. The predicted octanol–water partition coefficient (Wildman–Crippen LogP) is 1.53. The van der Waals surface area contributed by atoms with Crippen LogP contribution in [0.5, 0.6) is 0 Å². The Morgan fingerprint density at radius 2 is 1.92 bits per heavy atom. The minimum Gasteiger partial charge on any atom is -0.391 e. The summed E-state index contributed by atoms with van der Waals surface area (Å²) in [5.74, 6) is -0.118. The van der Waals surface area contributed by atoms with Gasteiger partial charge in [0.05, 0.1) is 23.8 Å². The molecular weight excluding hydrogens is 460 g/mol. The van der Waals surface area contributed by atoms with Crippen molar-refractivity contribution in [3.05, 3.63) is 47.2 Å². The molecule has 2 aliphatic heterocycles. The highest BCUT2D eigenvalue weighted by Gasteiger charge is 2.43. The van der Waals surface area contributed by atoms with Gasteiger partial charge in [0.25, 0.3) is 0 Å². The number of carbonyl (C=O) groups excluding carboxylic acids is 2. The second-order valence-corrected chi connectivity index (χ2v) is 9.91. The summed E-state index contributed by atoms with van der Waals surface area (Å²) in [5, 5.41) is 29.9. The molecule has 0 saturated carbocycles. The predicted molar refractivity (Wildman–Crippen MR) is 133 cm³/mol. The molecule has 1 aromatic carbocycles. The molecule has 2 amide bonds. The van der Waals surface area contributed by atoms with Crippen LogP contribution in [0, 0.1) is 17.2 Å². The van der Waals surface area contributed by atoms with Crippen molar-refractivity contribution in [3.8, 4) is 6.07 Å². The van der Waals surface area contributed by atoms with Gasteiger partial charge in [-0.2, -0.15) is 5.26 Å². The van der Waals surface area contributed by atoms with Gasteiger partial charge in [0, 0.05) is 45.2 Å². The number of rotatable bonds is 7. The smallest absolute Gasteiger partial charge is 0.243 e. The van der Waals surface area contributed by atoms with Crippen LogP contribution in [0.15, 0.2) is 34.9 Å². The molecule has 0 bridgehead atoms. The lowest BCUT2D eigenvalue weighted by molar-refractivity contribution is -0.141. The normalized spacial score (nSPS) is 21.8. The van der Waals surface area contributed by atoms with E-state index >= 15 is 0 Å². The summed E-state index contributed by atoms with van der Waals surface area (Å²) in [4.78, 5) is 30.6. The molecule has 2 fully saturated rings. The van der Waals surface area contributed by atoms with Crippen LogP contribution < -0.4 is 15.5 Å². The lowest BCUT2D eigenvalue weighted by atomic mass is 9.91. The third-order valence-electron chi connectivity index (χ3n) is 6.96. The topological polar surface area (TPSA) is 135 Å². The molecule has 10 nitrogen and oxygen atoms in total. The number of hydrogen-bond acceptors (Lipinski definition) is 8. The summed E-state index contributed by atoms with van der Waals surface area (Å²) in [7, 11) is 0. The Hall–Kier alpha value is -3.42. The Morgan fingerprint density at radius 1 is 1.22 bits per heavy atom. The van der Waals surface area contributed by atoms with Crippen LogP contribution in [0.1, 0.15) is 56.0 Å². The van der Waals surface area contributed by atoms with Gasteiger partial charge in [-0.15, -0.1) is 0 Å². The first-order valence-corrected chi connectivity index (χ1v) is 12.5. The third kappa shape index (κ3) is 5.53. The van der Waals surface area contributed by atoms with Crippen LogP contribution >= 0.6 is 0 Å². The lowest BCUT2D eigenvalue weighted by Gasteiger charge is -2.29. The van der Waals surface area contributed by atoms with Crippen molar-refractivity contribution in [1.29, 1.82) is 5.26 Å². The number of nitrogens with one attached hydrogen (secondary N) is 2. The van der Waals surface area contributed by atoms with Crippen LogP contribution in [0.3, 0.4) is 0 Å². The molecule has 36 heavy (non-hydrogen) atoms. The fraction of sp³-hybridized carbons (Fsp3) is 0.538. The van der Waals surface area contributed by atoms with E-state index in [1.807, 2.05) is 26.8 Å². The third-order valence-corrected chi connectivity index (χ3v) is 6.96. The Morgan fingerprint density at radius 3 is 2.56 bits per heavy atom. The maximum Gasteiger partial charge on any atom is 0.243 e.